The van der Waals surface area contributed by atoms with Crippen LogP contribution in [0.4, 0.5) is 0 Å². The molecule has 0 fully saturated rings. The molecular formula is BaK2O6Ti2. The Morgan fingerprint density at radius 2 is 0.727 bits per heavy atom. The van der Waals surface area contributed by atoms with Crippen LogP contribution < -0.4 is 118 Å². The molecule has 0 saturated carbocycles. The molecule has 11 heteroatoms. The summed E-state index contributed by atoms with van der Waals surface area (Å²) in [5.41, 5.74) is 0. The summed E-state index contributed by atoms with van der Waals surface area (Å²) in [6.07, 6.45) is 0. The van der Waals surface area contributed by atoms with Crippen LogP contribution in [0.1, 0.15) is 0 Å². The van der Waals surface area contributed by atoms with Crippen LogP contribution in [0.3, 0.4) is 0 Å². The van der Waals surface area contributed by atoms with Crippen molar-refractivity contribution in [3.63, 3.8) is 0 Å². The maximum atomic E-state index is 8.58. The van der Waals surface area contributed by atoms with Crippen LogP contribution in [0.15, 0.2) is 0 Å². The molecule has 0 rings (SSSR count). The van der Waals surface area contributed by atoms with E-state index in [4.69, 9.17) is 21.4 Å². The minimum atomic E-state index is -4.08. The van der Waals surface area contributed by atoms with Crippen LogP contribution in [0.5, 0.6) is 0 Å². The molecule has 0 aliphatic heterocycles. The van der Waals surface area contributed by atoms with Crippen LogP contribution in [-0.4, -0.2) is 48.9 Å². The Hall–Kier alpha value is 5.71. The van der Waals surface area contributed by atoms with Crippen molar-refractivity contribution in [2.75, 3.05) is 0 Å². The van der Waals surface area contributed by atoms with Gasteiger partial charge in [0, 0.05) is 0 Å². The van der Waals surface area contributed by atoms with Crippen LogP contribution in [-0.2, 0) is 43.9 Å². The summed E-state index contributed by atoms with van der Waals surface area (Å²) in [6.45, 7) is 0. The standard InChI is InChI=1S/Ba.2K.6O.2Ti/q+2;2*+1;;;4*-1;;. The van der Waals surface area contributed by atoms with Gasteiger partial charge in [-0.3, -0.25) is 0 Å². The summed E-state index contributed by atoms with van der Waals surface area (Å²) in [5.74, 6) is 0. The molecule has 0 heterocycles. The van der Waals surface area contributed by atoms with E-state index in [1.165, 1.54) is 0 Å². The van der Waals surface area contributed by atoms with Crippen LogP contribution in [0, 0.1) is 0 Å². The van der Waals surface area contributed by atoms with E-state index in [2.05, 4.69) is 0 Å². The van der Waals surface area contributed by atoms with Crippen molar-refractivity contribution >= 4 is 48.9 Å². The molecule has 0 aromatic carbocycles. The first-order valence-electron chi connectivity index (χ1n) is 1.22. The zero-order chi connectivity index (χ0) is 7.15. The molecule has 0 aliphatic carbocycles. The monoisotopic (exact) mass is 408 g/mol. The number of hydrogen-bond acceptors (Lipinski definition) is 6. The average Bonchev–Trinajstić information content (AvgIpc) is 1.25. The third-order valence-corrected chi connectivity index (χ3v) is 0. The topological polar surface area (TPSA) is 126 Å². The summed E-state index contributed by atoms with van der Waals surface area (Å²) in [4.78, 5) is 0. The second-order valence-corrected chi connectivity index (χ2v) is 2.06. The van der Waals surface area contributed by atoms with E-state index in [1.807, 2.05) is 0 Å². The third kappa shape index (κ3) is 90.5. The zero-order valence-electron chi connectivity index (χ0n) is 6.16. The minimum absolute atomic E-state index is 0. The van der Waals surface area contributed by atoms with E-state index in [1.54, 1.807) is 0 Å². The molecule has 6 nitrogen and oxygen atoms in total. The van der Waals surface area contributed by atoms with Gasteiger partial charge in [-0.25, -0.2) is 0 Å². The molecule has 0 saturated heterocycles. The molecule has 0 spiro atoms. The average molecular weight is 407 g/mol. The van der Waals surface area contributed by atoms with Crippen molar-refractivity contribution < 1.29 is 161 Å². The third-order valence-electron chi connectivity index (χ3n) is 0. The van der Waals surface area contributed by atoms with Gasteiger partial charge in [0.25, 0.3) is 0 Å². The van der Waals surface area contributed by atoms with Crippen molar-refractivity contribution in [1.82, 2.24) is 0 Å². The van der Waals surface area contributed by atoms with E-state index < -0.39 is 37.2 Å². The van der Waals surface area contributed by atoms with E-state index >= 15 is 0 Å². The molecule has 48 valence electrons. The summed E-state index contributed by atoms with van der Waals surface area (Å²) < 4.78 is 51.5. The van der Waals surface area contributed by atoms with E-state index in [0.29, 0.717) is 0 Å². The molecule has 0 aromatic rings. The maximum absolute atomic E-state index is 8.58. The van der Waals surface area contributed by atoms with Crippen LogP contribution in [0.2, 0.25) is 0 Å². The number of hydrogen-bond donors (Lipinski definition) is 0. The second-order valence-electron chi connectivity index (χ2n) is 0.500. The summed E-state index contributed by atoms with van der Waals surface area (Å²) in [5, 5.41) is 0. The zero-order valence-corrected chi connectivity index (χ0v) is 20.0. The molecule has 0 N–H and O–H groups in total. The Kier molecular flexibility index (Phi) is 67.8. The van der Waals surface area contributed by atoms with Crippen LogP contribution >= 0.6 is 0 Å². The molecule has 0 aliphatic rings. The summed E-state index contributed by atoms with van der Waals surface area (Å²) in [6, 6.07) is 0. The normalized spacial score (nSPS) is 4.73. The Morgan fingerprint density at radius 3 is 0.727 bits per heavy atom. The molecule has 0 bridgehead atoms. The Balaban J connectivity index is -0.0000000171. The molecule has 11 heavy (non-hydrogen) atoms. The fraction of sp³-hybridized carbons (Fsp3) is 0. The van der Waals surface area contributed by atoms with E-state index in [0.717, 1.165) is 0 Å². The predicted octanol–water partition coefficient (Wildman–Crippen LogP) is -11.4. The molecule has 0 radical (unpaired) electrons. The summed E-state index contributed by atoms with van der Waals surface area (Å²) >= 11 is -8.17. The fourth-order valence-electron chi connectivity index (χ4n) is 0. The first-order valence-corrected chi connectivity index (χ1v) is 5.05. The second kappa shape index (κ2) is 24.8. The van der Waals surface area contributed by atoms with Crippen molar-refractivity contribution in [3.8, 4) is 0 Å². The number of rotatable bonds is 0. The Labute approximate surface area is 203 Å². The van der Waals surface area contributed by atoms with Crippen molar-refractivity contribution in [1.29, 1.82) is 0 Å². The molecule has 0 unspecified atom stereocenters. The van der Waals surface area contributed by atoms with Gasteiger partial charge >= 0.3 is 210 Å². The van der Waals surface area contributed by atoms with Crippen molar-refractivity contribution in [2.45, 2.75) is 0 Å². The Bertz CT molecular complexity index is 76.6. The van der Waals surface area contributed by atoms with Crippen LogP contribution in [0.25, 0.3) is 0 Å². The van der Waals surface area contributed by atoms with Gasteiger partial charge in [0.1, 0.15) is 0 Å². The van der Waals surface area contributed by atoms with Crippen molar-refractivity contribution in [3.05, 3.63) is 0 Å². The van der Waals surface area contributed by atoms with Gasteiger partial charge in [0.2, 0.25) is 0 Å². The van der Waals surface area contributed by atoms with Gasteiger partial charge in [-0.1, -0.05) is 0 Å². The van der Waals surface area contributed by atoms with E-state index in [-0.39, 0.29) is 152 Å². The quantitative estimate of drug-likeness (QED) is 0.367. The van der Waals surface area contributed by atoms with Gasteiger partial charge in [0.15, 0.2) is 0 Å². The van der Waals surface area contributed by atoms with Gasteiger partial charge in [-0.15, -0.1) is 0 Å². The first kappa shape index (κ1) is 30.1. The molecular weight excluding hydrogens is 407 g/mol. The molecule has 0 atom stereocenters. The molecule has 0 amide bonds. The van der Waals surface area contributed by atoms with E-state index in [9.17, 15) is 0 Å². The summed E-state index contributed by atoms with van der Waals surface area (Å²) in [7, 11) is 0. The van der Waals surface area contributed by atoms with Gasteiger partial charge in [0.05, 0.1) is 0 Å². The first-order chi connectivity index (χ1) is 3.46. The van der Waals surface area contributed by atoms with Gasteiger partial charge in [-0.05, 0) is 0 Å². The Morgan fingerprint density at radius 1 is 0.727 bits per heavy atom. The van der Waals surface area contributed by atoms with Gasteiger partial charge in [-0.2, -0.15) is 0 Å². The van der Waals surface area contributed by atoms with Crippen molar-refractivity contribution in [2.24, 2.45) is 0 Å². The molecule has 0 aromatic heterocycles. The van der Waals surface area contributed by atoms with Gasteiger partial charge < -0.3 is 0 Å². The fourth-order valence-corrected chi connectivity index (χ4v) is 0. The predicted molar refractivity (Wildman–Crippen MR) is 7.13 cm³/mol. The SMILES string of the molecule is [Ba+2].[K+].[K+].[O]=[Ti]([O-])[O-].[O]=[Ti]([O-])[O-].